The van der Waals surface area contributed by atoms with Gasteiger partial charge in [-0.05, 0) is 26.0 Å². The molecule has 5 heteroatoms. The van der Waals surface area contributed by atoms with Crippen LogP contribution in [0.1, 0.15) is 32.8 Å². The maximum Gasteiger partial charge on any atom is 0.170 e. The van der Waals surface area contributed by atoms with Crippen molar-refractivity contribution in [1.29, 1.82) is 0 Å². The largest absolute Gasteiger partial charge is 0.352 e. The van der Waals surface area contributed by atoms with Gasteiger partial charge in [0.1, 0.15) is 0 Å². The normalized spacial score (nSPS) is 18.0. The van der Waals surface area contributed by atoms with Gasteiger partial charge >= 0.3 is 0 Å². The van der Waals surface area contributed by atoms with E-state index in [0.717, 1.165) is 39.1 Å². The molecule has 1 N–H and O–H groups in total. The van der Waals surface area contributed by atoms with E-state index in [1.807, 2.05) is 6.92 Å². The summed E-state index contributed by atoms with van der Waals surface area (Å²) in [6, 6.07) is 2.36. The SMILES string of the molecule is CCNCc1ccnc(N2CCN(C(C)CC)CC2)c1F. The second kappa shape index (κ2) is 7.71. The summed E-state index contributed by atoms with van der Waals surface area (Å²) >= 11 is 0. The van der Waals surface area contributed by atoms with Crippen molar-refractivity contribution in [3.63, 3.8) is 0 Å². The van der Waals surface area contributed by atoms with E-state index in [9.17, 15) is 4.39 Å². The van der Waals surface area contributed by atoms with Gasteiger partial charge in [-0.1, -0.05) is 13.8 Å². The number of halogens is 1. The molecule has 1 aromatic heterocycles. The van der Waals surface area contributed by atoms with Gasteiger partial charge in [-0.2, -0.15) is 0 Å². The summed E-state index contributed by atoms with van der Waals surface area (Å²) in [7, 11) is 0. The van der Waals surface area contributed by atoms with Crippen LogP contribution in [0.15, 0.2) is 12.3 Å². The Morgan fingerprint density at radius 3 is 2.62 bits per heavy atom. The van der Waals surface area contributed by atoms with Crippen LogP contribution in [0.5, 0.6) is 0 Å². The first-order valence-electron chi connectivity index (χ1n) is 8.00. The van der Waals surface area contributed by atoms with E-state index in [1.165, 1.54) is 0 Å². The quantitative estimate of drug-likeness (QED) is 0.872. The molecule has 0 spiro atoms. The first-order valence-corrected chi connectivity index (χ1v) is 8.00. The maximum atomic E-state index is 14.5. The van der Waals surface area contributed by atoms with E-state index >= 15 is 0 Å². The minimum atomic E-state index is -0.171. The monoisotopic (exact) mass is 294 g/mol. The second-order valence-corrected chi connectivity index (χ2v) is 5.67. The first kappa shape index (κ1) is 16.2. The molecule has 21 heavy (non-hydrogen) atoms. The fraction of sp³-hybridized carbons (Fsp3) is 0.688. The fourth-order valence-corrected chi connectivity index (χ4v) is 2.72. The predicted octanol–water partition coefficient (Wildman–Crippen LogP) is 2.25. The third-order valence-corrected chi connectivity index (χ3v) is 4.34. The molecule has 2 heterocycles. The fourth-order valence-electron chi connectivity index (χ4n) is 2.72. The molecule has 1 saturated heterocycles. The molecular formula is C16H27FN4. The van der Waals surface area contributed by atoms with E-state index in [2.05, 4.69) is 33.9 Å². The predicted molar refractivity (Wildman–Crippen MR) is 85.1 cm³/mol. The molecule has 0 aromatic carbocycles. The lowest BCUT2D eigenvalue weighted by Gasteiger charge is -2.38. The maximum absolute atomic E-state index is 14.5. The molecule has 1 aromatic rings. The third kappa shape index (κ3) is 3.92. The zero-order valence-corrected chi connectivity index (χ0v) is 13.4. The van der Waals surface area contributed by atoms with Crippen LogP contribution in [0.2, 0.25) is 0 Å². The lowest BCUT2D eigenvalue weighted by Crippen LogP contribution is -2.50. The van der Waals surface area contributed by atoms with Crippen LogP contribution >= 0.6 is 0 Å². The lowest BCUT2D eigenvalue weighted by molar-refractivity contribution is 0.192. The topological polar surface area (TPSA) is 31.4 Å². The van der Waals surface area contributed by atoms with E-state index < -0.39 is 0 Å². The molecule has 4 nitrogen and oxygen atoms in total. The van der Waals surface area contributed by atoms with Crippen molar-refractivity contribution in [1.82, 2.24) is 15.2 Å². The minimum absolute atomic E-state index is 0.171. The average molecular weight is 294 g/mol. The molecule has 2 rings (SSSR count). The van der Waals surface area contributed by atoms with Gasteiger partial charge in [0, 0.05) is 50.5 Å². The van der Waals surface area contributed by atoms with Crippen molar-refractivity contribution < 1.29 is 4.39 Å². The van der Waals surface area contributed by atoms with Crippen molar-refractivity contribution >= 4 is 5.82 Å². The third-order valence-electron chi connectivity index (χ3n) is 4.34. The number of rotatable bonds is 6. The summed E-state index contributed by atoms with van der Waals surface area (Å²) in [4.78, 5) is 8.81. The van der Waals surface area contributed by atoms with Crippen molar-refractivity contribution in [2.45, 2.75) is 39.8 Å². The van der Waals surface area contributed by atoms with E-state index in [4.69, 9.17) is 0 Å². The highest BCUT2D eigenvalue weighted by molar-refractivity contribution is 5.43. The standard InChI is InChI=1S/C16H27FN4/c1-4-13(3)20-8-10-21(11-9-20)16-15(17)14(6-7-19-16)12-18-5-2/h6-7,13,18H,4-5,8-12H2,1-3H3. The van der Waals surface area contributed by atoms with Gasteiger partial charge in [-0.25, -0.2) is 9.37 Å². The Morgan fingerprint density at radius 2 is 2.00 bits per heavy atom. The van der Waals surface area contributed by atoms with Crippen molar-refractivity contribution in [2.75, 3.05) is 37.6 Å². The summed E-state index contributed by atoms with van der Waals surface area (Å²) < 4.78 is 14.5. The summed E-state index contributed by atoms with van der Waals surface area (Å²) in [5, 5.41) is 3.17. The van der Waals surface area contributed by atoms with Gasteiger partial charge in [0.05, 0.1) is 0 Å². The van der Waals surface area contributed by atoms with E-state index in [0.29, 0.717) is 24.0 Å². The number of aromatic nitrogens is 1. The van der Waals surface area contributed by atoms with Gasteiger partial charge in [0.2, 0.25) is 0 Å². The number of pyridine rings is 1. The van der Waals surface area contributed by atoms with Crippen LogP contribution in [0.25, 0.3) is 0 Å². The Hall–Kier alpha value is -1.20. The summed E-state index contributed by atoms with van der Waals surface area (Å²) in [6.07, 6.45) is 2.87. The van der Waals surface area contributed by atoms with E-state index in [1.54, 1.807) is 12.3 Å². The van der Waals surface area contributed by atoms with Crippen LogP contribution in [-0.2, 0) is 6.54 Å². The van der Waals surface area contributed by atoms with Crippen LogP contribution in [0, 0.1) is 5.82 Å². The lowest BCUT2D eigenvalue weighted by atomic mass is 10.1. The summed E-state index contributed by atoms with van der Waals surface area (Å²) in [6.45, 7) is 11.5. The molecule has 1 atom stereocenters. The van der Waals surface area contributed by atoms with Crippen LogP contribution in [0.3, 0.4) is 0 Å². The van der Waals surface area contributed by atoms with Gasteiger partial charge in [0.25, 0.3) is 0 Å². The number of nitrogens with zero attached hydrogens (tertiary/aromatic N) is 3. The van der Waals surface area contributed by atoms with Crippen LogP contribution < -0.4 is 10.2 Å². The number of anilines is 1. The molecule has 0 aliphatic carbocycles. The van der Waals surface area contributed by atoms with Crippen molar-refractivity contribution in [3.05, 3.63) is 23.6 Å². The van der Waals surface area contributed by atoms with Gasteiger partial charge in [-0.3, -0.25) is 4.90 Å². The Kier molecular flexibility index (Phi) is 5.94. The minimum Gasteiger partial charge on any atom is -0.352 e. The second-order valence-electron chi connectivity index (χ2n) is 5.67. The highest BCUT2D eigenvalue weighted by Gasteiger charge is 2.23. The molecule has 1 fully saturated rings. The van der Waals surface area contributed by atoms with Gasteiger partial charge in [-0.15, -0.1) is 0 Å². The smallest absolute Gasteiger partial charge is 0.170 e. The number of piperazine rings is 1. The molecule has 0 amide bonds. The molecule has 118 valence electrons. The molecule has 1 unspecified atom stereocenters. The first-order chi connectivity index (χ1) is 10.2. The zero-order valence-electron chi connectivity index (χ0n) is 13.4. The molecule has 0 radical (unpaired) electrons. The Bertz CT molecular complexity index is 444. The molecular weight excluding hydrogens is 267 g/mol. The Morgan fingerprint density at radius 1 is 1.29 bits per heavy atom. The van der Waals surface area contributed by atoms with Gasteiger partial charge in [0.15, 0.2) is 11.6 Å². The number of nitrogens with one attached hydrogen (secondary N) is 1. The number of hydrogen-bond acceptors (Lipinski definition) is 4. The van der Waals surface area contributed by atoms with Gasteiger partial charge < -0.3 is 10.2 Å². The highest BCUT2D eigenvalue weighted by atomic mass is 19.1. The highest BCUT2D eigenvalue weighted by Crippen LogP contribution is 2.21. The van der Waals surface area contributed by atoms with Crippen molar-refractivity contribution in [3.8, 4) is 0 Å². The van der Waals surface area contributed by atoms with E-state index in [-0.39, 0.29) is 5.82 Å². The summed E-state index contributed by atoms with van der Waals surface area (Å²) in [5.41, 5.74) is 0.700. The Labute approximate surface area is 127 Å². The molecule has 1 aliphatic heterocycles. The summed E-state index contributed by atoms with van der Waals surface area (Å²) in [5.74, 6) is 0.338. The molecule has 1 aliphatic rings. The zero-order chi connectivity index (χ0) is 15.2. The molecule has 0 saturated carbocycles. The average Bonchev–Trinajstić information content (AvgIpc) is 2.53. The van der Waals surface area contributed by atoms with Crippen LogP contribution in [-0.4, -0.2) is 48.6 Å². The van der Waals surface area contributed by atoms with Crippen LogP contribution in [0.4, 0.5) is 10.2 Å². The Balaban J connectivity index is 2.03. The molecule has 0 bridgehead atoms. The van der Waals surface area contributed by atoms with Crippen molar-refractivity contribution in [2.24, 2.45) is 0 Å². The number of hydrogen-bond donors (Lipinski definition) is 1.